The van der Waals surface area contributed by atoms with Crippen molar-refractivity contribution >= 4 is 46.1 Å². The molecule has 1 aliphatic heterocycles. The number of halogens is 1. The Balaban J connectivity index is 1.37. The quantitative estimate of drug-likeness (QED) is 0.573. The number of hydrogen-bond acceptors (Lipinski definition) is 3. The van der Waals surface area contributed by atoms with Crippen LogP contribution in [0.25, 0.3) is 0 Å². The van der Waals surface area contributed by atoms with Gasteiger partial charge in [0, 0.05) is 23.8 Å². The van der Waals surface area contributed by atoms with Crippen molar-refractivity contribution in [1.82, 2.24) is 10.3 Å². The predicted molar refractivity (Wildman–Crippen MR) is 121 cm³/mol. The van der Waals surface area contributed by atoms with E-state index in [0.717, 1.165) is 41.5 Å². The fraction of sp³-hybridized carbons (Fsp3) is 0.182. The minimum absolute atomic E-state index is 0.563. The molecule has 0 amide bonds. The summed E-state index contributed by atoms with van der Waals surface area (Å²) in [7, 11) is 0. The summed E-state index contributed by atoms with van der Waals surface area (Å²) in [6, 6.07) is 20.3. The van der Waals surface area contributed by atoms with Crippen molar-refractivity contribution in [3.63, 3.8) is 0 Å². The van der Waals surface area contributed by atoms with Crippen LogP contribution in [0.2, 0.25) is 5.02 Å². The van der Waals surface area contributed by atoms with E-state index in [1.165, 1.54) is 11.3 Å². The molecular formula is C22H21ClN4S. The zero-order valence-electron chi connectivity index (χ0n) is 15.4. The first-order chi connectivity index (χ1) is 13.7. The van der Waals surface area contributed by atoms with Gasteiger partial charge in [0.05, 0.1) is 11.9 Å². The van der Waals surface area contributed by atoms with E-state index in [1.807, 2.05) is 42.6 Å². The molecule has 0 aliphatic carbocycles. The molecule has 6 heteroatoms. The van der Waals surface area contributed by atoms with E-state index in [9.17, 15) is 0 Å². The molecule has 0 atom stereocenters. The van der Waals surface area contributed by atoms with Gasteiger partial charge in [-0.2, -0.15) is 0 Å². The van der Waals surface area contributed by atoms with Gasteiger partial charge >= 0.3 is 0 Å². The fourth-order valence-corrected chi connectivity index (χ4v) is 3.67. The molecule has 2 aromatic carbocycles. The van der Waals surface area contributed by atoms with Crippen LogP contribution in [0, 0.1) is 0 Å². The molecule has 0 radical (unpaired) electrons. The van der Waals surface area contributed by atoms with Crippen LogP contribution in [0.1, 0.15) is 17.5 Å². The summed E-state index contributed by atoms with van der Waals surface area (Å²) in [6.45, 7) is 1.62. The molecule has 0 saturated heterocycles. The van der Waals surface area contributed by atoms with Gasteiger partial charge in [0.15, 0.2) is 5.11 Å². The van der Waals surface area contributed by atoms with Crippen LogP contribution in [-0.2, 0) is 13.0 Å². The van der Waals surface area contributed by atoms with Crippen LogP contribution < -0.4 is 15.5 Å². The van der Waals surface area contributed by atoms with Gasteiger partial charge in [-0.3, -0.25) is 0 Å². The minimum atomic E-state index is 0.563. The molecule has 4 rings (SSSR count). The fourth-order valence-electron chi connectivity index (χ4n) is 3.35. The van der Waals surface area contributed by atoms with E-state index < -0.39 is 0 Å². The molecule has 0 unspecified atom stereocenters. The minimum Gasteiger partial charge on any atom is -0.358 e. The predicted octanol–water partition coefficient (Wildman–Crippen LogP) is 5.31. The number of rotatable bonds is 4. The summed E-state index contributed by atoms with van der Waals surface area (Å²) >= 11 is 11.3. The molecule has 1 aromatic heterocycles. The van der Waals surface area contributed by atoms with Crippen molar-refractivity contribution in [3.05, 3.63) is 83.0 Å². The van der Waals surface area contributed by atoms with Gasteiger partial charge in [-0.05, 0) is 66.5 Å². The first-order valence-electron chi connectivity index (χ1n) is 9.30. The van der Waals surface area contributed by atoms with Crippen molar-refractivity contribution in [2.75, 3.05) is 16.8 Å². The van der Waals surface area contributed by atoms with Gasteiger partial charge < -0.3 is 15.5 Å². The number of anilines is 3. The van der Waals surface area contributed by atoms with Gasteiger partial charge in [0.1, 0.15) is 5.82 Å². The molecule has 2 N–H and O–H groups in total. The monoisotopic (exact) mass is 408 g/mol. The molecular weight excluding hydrogens is 388 g/mol. The Morgan fingerprint density at radius 3 is 2.68 bits per heavy atom. The van der Waals surface area contributed by atoms with E-state index in [2.05, 4.69) is 44.8 Å². The second-order valence-electron chi connectivity index (χ2n) is 6.72. The van der Waals surface area contributed by atoms with Gasteiger partial charge in [-0.15, -0.1) is 0 Å². The maximum absolute atomic E-state index is 5.91. The number of benzene rings is 2. The summed E-state index contributed by atoms with van der Waals surface area (Å²) in [5, 5.41) is 7.67. The highest BCUT2D eigenvalue weighted by Crippen LogP contribution is 2.32. The van der Waals surface area contributed by atoms with Crippen molar-refractivity contribution in [2.45, 2.75) is 19.4 Å². The van der Waals surface area contributed by atoms with Crippen molar-refractivity contribution < 1.29 is 0 Å². The van der Waals surface area contributed by atoms with Crippen LogP contribution >= 0.6 is 23.8 Å². The zero-order chi connectivity index (χ0) is 19.3. The number of thiocarbonyl (C=S) groups is 1. The third kappa shape index (κ3) is 4.43. The van der Waals surface area contributed by atoms with Crippen molar-refractivity contribution in [1.29, 1.82) is 0 Å². The van der Waals surface area contributed by atoms with Gasteiger partial charge in [0.25, 0.3) is 0 Å². The Kier molecular flexibility index (Phi) is 5.74. The lowest BCUT2D eigenvalue weighted by atomic mass is 10.0. The zero-order valence-corrected chi connectivity index (χ0v) is 16.9. The number of pyridine rings is 1. The Morgan fingerprint density at radius 1 is 1.07 bits per heavy atom. The lowest BCUT2D eigenvalue weighted by molar-refractivity contribution is 0.760. The van der Waals surface area contributed by atoms with E-state index in [4.69, 9.17) is 23.8 Å². The number of nitrogens with one attached hydrogen (secondary N) is 2. The van der Waals surface area contributed by atoms with Crippen molar-refractivity contribution in [3.8, 4) is 0 Å². The molecule has 142 valence electrons. The number of para-hydroxylation sites is 1. The third-order valence-corrected chi connectivity index (χ3v) is 5.26. The number of nitrogens with zero attached hydrogens (tertiary/aromatic N) is 2. The maximum Gasteiger partial charge on any atom is 0.171 e. The summed E-state index contributed by atoms with van der Waals surface area (Å²) in [5.74, 6) is 0.956. The highest BCUT2D eigenvalue weighted by atomic mass is 35.5. The Hall–Kier alpha value is -2.63. The summed E-state index contributed by atoms with van der Waals surface area (Å²) in [4.78, 5) is 6.92. The van der Waals surface area contributed by atoms with E-state index in [-0.39, 0.29) is 0 Å². The summed E-state index contributed by atoms with van der Waals surface area (Å²) < 4.78 is 0. The van der Waals surface area contributed by atoms with Crippen LogP contribution in [-0.4, -0.2) is 16.6 Å². The topological polar surface area (TPSA) is 40.2 Å². The first-order valence-corrected chi connectivity index (χ1v) is 10.1. The molecule has 28 heavy (non-hydrogen) atoms. The normalized spacial score (nSPS) is 13.0. The van der Waals surface area contributed by atoms with Crippen LogP contribution in [0.15, 0.2) is 66.9 Å². The summed E-state index contributed by atoms with van der Waals surface area (Å²) in [6.07, 6.45) is 4.08. The smallest absolute Gasteiger partial charge is 0.171 e. The number of aryl methyl sites for hydroxylation is 1. The molecule has 4 nitrogen and oxygen atoms in total. The van der Waals surface area contributed by atoms with Gasteiger partial charge in [-0.25, -0.2) is 4.98 Å². The SMILES string of the molecule is S=C(NCc1ccc(Cl)cc1)Nc1ccc(N2CCCc3ccccc32)nc1. The van der Waals surface area contributed by atoms with Crippen LogP contribution in [0.4, 0.5) is 17.2 Å². The second-order valence-corrected chi connectivity index (χ2v) is 7.57. The Labute approximate surface area is 175 Å². The summed E-state index contributed by atoms with van der Waals surface area (Å²) in [5.41, 5.74) is 4.61. The molecule has 0 fully saturated rings. The lowest BCUT2D eigenvalue weighted by Crippen LogP contribution is -2.28. The maximum atomic E-state index is 5.91. The number of aromatic nitrogens is 1. The van der Waals surface area contributed by atoms with E-state index in [0.29, 0.717) is 11.7 Å². The molecule has 0 spiro atoms. The Bertz CT molecular complexity index is 957. The standard InChI is InChI=1S/C22H21ClN4S/c23-18-9-7-16(8-10-18)14-25-22(28)26-19-11-12-21(24-15-19)27-13-3-5-17-4-1-2-6-20(17)27/h1-2,4,6-12,15H,3,5,13-14H2,(H2,25,26,28). The molecule has 3 aromatic rings. The molecule has 0 bridgehead atoms. The molecule has 2 heterocycles. The average Bonchev–Trinajstić information content (AvgIpc) is 2.73. The second kappa shape index (κ2) is 8.59. The number of fused-ring (bicyclic) bond motifs is 1. The highest BCUT2D eigenvalue weighted by Gasteiger charge is 2.18. The first kappa shape index (κ1) is 18.7. The highest BCUT2D eigenvalue weighted by molar-refractivity contribution is 7.80. The molecule has 1 aliphatic rings. The third-order valence-electron chi connectivity index (χ3n) is 4.76. The van der Waals surface area contributed by atoms with Gasteiger partial charge in [-0.1, -0.05) is 41.9 Å². The van der Waals surface area contributed by atoms with Crippen molar-refractivity contribution in [2.24, 2.45) is 0 Å². The Morgan fingerprint density at radius 2 is 1.89 bits per heavy atom. The average molecular weight is 409 g/mol. The number of hydrogen-bond donors (Lipinski definition) is 2. The van der Waals surface area contributed by atoms with Gasteiger partial charge in [0.2, 0.25) is 0 Å². The lowest BCUT2D eigenvalue weighted by Gasteiger charge is -2.30. The molecule has 0 saturated carbocycles. The van der Waals surface area contributed by atoms with Crippen LogP contribution in [0.3, 0.4) is 0 Å². The van der Waals surface area contributed by atoms with Crippen LogP contribution in [0.5, 0.6) is 0 Å². The largest absolute Gasteiger partial charge is 0.358 e. The van der Waals surface area contributed by atoms with E-state index in [1.54, 1.807) is 0 Å². The van der Waals surface area contributed by atoms with E-state index >= 15 is 0 Å².